The summed E-state index contributed by atoms with van der Waals surface area (Å²) >= 11 is 0. The number of rotatable bonds is 9. The number of nitrogens with one attached hydrogen (secondary N) is 1. The molecule has 3 unspecified atom stereocenters. The van der Waals surface area contributed by atoms with Crippen LogP contribution >= 0.6 is 0 Å². The predicted octanol–water partition coefficient (Wildman–Crippen LogP) is 5.47. The Labute approximate surface area is 172 Å². The van der Waals surface area contributed by atoms with E-state index in [4.69, 9.17) is 0 Å². The Morgan fingerprint density at radius 3 is 2.28 bits per heavy atom. The lowest BCUT2D eigenvalue weighted by Crippen LogP contribution is -2.48. The molecule has 0 spiro atoms. The maximum atomic E-state index is 15.2. The number of benzene rings is 2. The van der Waals surface area contributed by atoms with E-state index >= 15 is 4.39 Å². The van der Waals surface area contributed by atoms with Crippen LogP contribution in [-0.4, -0.2) is 20.0 Å². The lowest BCUT2D eigenvalue weighted by atomic mass is 9.82. The number of hydrogen-bond donors (Lipinski definition) is 1. The first-order valence-electron chi connectivity index (χ1n) is 10.2. The lowest BCUT2D eigenvalue weighted by Gasteiger charge is -2.32. The first-order chi connectivity index (χ1) is 13.7. The molecule has 29 heavy (non-hydrogen) atoms. The quantitative estimate of drug-likeness (QED) is 0.584. The minimum Gasteiger partial charge on any atom is -0.229 e. The number of hydrogen-bond acceptors (Lipinski definition) is 2. The maximum Gasteiger partial charge on any atom is 0.243 e. The van der Waals surface area contributed by atoms with Crippen molar-refractivity contribution in [3.63, 3.8) is 0 Å². The molecule has 1 saturated carbocycles. The Kier molecular flexibility index (Phi) is 6.44. The molecule has 158 valence electrons. The van der Waals surface area contributed by atoms with Gasteiger partial charge in [0.25, 0.3) is 0 Å². The average molecular weight is 422 g/mol. The van der Waals surface area contributed by atoms with E-state index in [2.05, 4.69) is 4.72 Å². The van der Waals surface area contributed by atoms with E-state index in [0.29, 0.717) is 17.5 Å². The molecule has 0 radical (unpaired) electrons. The molecule has 1 fully saturated rings. The summed E-state index contributed by atoms with van der Waals surface area (Å²) in [4.78, 5) is 0. The monoisotopic (exact) mass is 421 g/mol. The molecule has 0 amide bonds. The molecule has 1 N–H and O–H groups in total. The Morgan fingerprint density at radius 2 is 1.72 bits per heavy atom. The molecule has 0 heterocycles. The van der Waals surface area contributed by atoms with Crippen LogP contribution in [0.3, 0.4) is 0 Å². The van der Waals surface area contributed by atoms with Crippen molar-refractivity contribution in [2.75, 3.05) is 0 Å². The van der Waals surface area contributed by atoms with Gasteiger partial charge in [-0.15, -0.1) is 0 Å². The van der Waals surface area contributed by atoms with E-state index in [9.17, 15) is 12.8 Å². The van der Waals surface area contributed by atoms with Gasteiger partial charge in [0.2, 0.25) is 15.5 Å². The van der Waals surface area contributed by atoms with E-state index in [0.717, 1.165) is 31.7 Å². The van der Waals surface area contributed by atoms with E-state index in [-0.39, 0.29) is 17.2 Å². The van der Waals surface area contributed by atoms with Crippen molar-refractivity contribution in [2.24, 2.45) is 11.3 Å². The highest BCUT2D eigenvalue weighted by atomic mass is 32.2. The number of sulfonamides is 1. The van der Waals surface area contributed by atoms with Crippen molar-refractivity contribution < 1.29 is 17.2 Å². The van der Waals surface area contributed by atoms with Gasteiger partial charge in [-0.25, -0.2) is 21.9 Å². The zero-order chi connectivity index (χ0) is 21.2. The van der Waals surface area contributed by atoms with E-state index in [1.54, 1.807) is 12.1 Å². The molecule has 1 aliphatic carbocycles. The summed E-state index contributed by atoms with van der Waals surface area (Å²) in [6, 6.07) is 14.2. The highest BCUT2D eigenvalue weighted by Crippen LogP contribution is 2.54. The van der Waals surface area contributed by atoms with Crippen molar-refractivity contribution in [3.8, 4) is 11.1 Å². The van der Waals surface area contributed by atoms with Crippen LogP contribution in [0.2, 0.25) is 0 Å². The van der Waals surface area contributed by atoms with E-state index in [1.807, 2.05) is 50.2 Å². The molecule has 3 atom stereocenters. The van der Waals surface area contributed by atoms with Crippen LogP contribution in [0.15, 0.2) is 48.5 Å². The van der Waals surface area contributed by atoms with Crippen LogP contribution in [0, 0.1) is 17.2 Å². The van der Waals surface area contributed by atoms with Crippen LogP contribution < -0.4 is 4.72 Å². The summed E-state index contributed by atoms with van der Waals surface area (Å²) in [5, 5.41) is 0. The highest BCUT2D eigenvalue weighted by molar-refractivity contribution is 7.89. The second-order valence-electron chi connectivity index (χ2n) is 8.23. The van der Waals surface area contributed by atoms with Crippen molar-refractivity contribution in [2.45, 2.75) is 58.0 Å². The zero-order valence-corrected chi connectivity index (χ0v) is 18.0. The van der Waals surface area contributed by atoms with Crippen LogP contribution in [0.4, 0.5) is 8.78 Å². The summed E-state index contributed by atoms with van der Waals surface area (Å²) < 4.78 is 56.0. The van der Waals surface area contributed by atoms with Crippen LogP contribution in [0.1, 0.15) is 45.6 Å². The lowest BCUT2D eigenvalue weighted by molar-refractivity contribution is 0.267. The minimum absolute atomic E-state index is 0.172. The van der Waals surface area contributed by atoms with Gasteiger partial charge >= 0.3 is 0 Å². The molecule has 2 aromatic carbocycles. The second kappa shape index (κ2) is 8.52. The highest BCUT2D eigenvalue weighted by Gasteiger charge is 2.51. The summed E-state index contributed by atoms with van der Waals surface area (Å²) in [5.41, 5.74) is -0.280. The summed E-state index contributed by atoms with van der Waals surface area (Å²) in [6.07, 6.45) is 2.97. The van der Waals surface area contributed by atoms with Gasteiger partial charge in [-0.3, -0.25) is 0 Å². The third-order valence-electron chi connectivity index (χ3n) is 6.25. The molecular weight excluding hydrogens is 392 g/mol. The van der Waals surface area contributed by atoms with Crippen LogP contribution in [-0.2, 0) is 16.4 Å². The zero-order valence-electron chi connectivity index (χ0n) is 17.2. The summed E-state index contributed by atoms with van der Waals surface area (Å²) in [6.45, 7) is 4.97. The Morgan fingerprint density at radius 1 is 1.07 bits per heavy atom. The van der Waals surface area contributed by atoms with Gasteiger partial charge in [0, 0.05) is 11.6 Å². The Balaban J connectivity index is 1.88. The smallest absolute Gasteiger partial charge is 0.229 e. The Hall–Kier alpha value is -1.79. The second-order valence-corrected chi connectivity index (χ2v) is 10.2. The largest absolute Gasteiger partial charge is 0.243 e. The van der Waals surface area contributed by atoms with Gasteiger partial charge in [-0.05, 0) is 55.1 Å². The molecule has 0 aliphatic heterocycles. The molecule has 0 saturated heterocycles. The predicted molar refractivity (Wildman–Crippen MR) is 113 cm³/mol. The molecule has 6 heteroatoms. The molecule has 0 bridgehead atoms. The Bertz CT molecular complexity index is 941. The first kappa shape index (κ1) is 21.9. The molecule has 3 nitrogen and oxygen atoms in total. The molecule has 2 aromatic rings. The van der Waals surface area contributed by atoms with Gasteiger partial charge in [-0.2, -0.15) is 0 Å². The average Bonchev–Trinajstić information content (AvgIpc) is 3.49. The van der Waals surface area contributed by atoms with Gasteiger partial charge in [0.1, 0.15) is 5.82 Å². The fraction of sp³-hybridized carbons (Fsp3) is 0.478. The van der Waals surface area contributed by atoms with Crippen molar-refractivity contribution in [1.29, 1.82) is 0 Å². The fourth-order valence-corrected chi connectivity index (χ4v) is 5.23. The number of alkyl halides is 1. The minimum atomic E-state index is -4.06. The SMILES string of the molecule is CCC1(C(NS(=O)(=O)C(C)F)C(C)Cc2cccc(-c3ccccc3)c2F)CC1. The van der Waals surface area contributed by atoms with Crippen LogP contribution in [0.5, 0.6) is 0 Å². The van der Waals surface area contributed by atoms with Gasteiger partial charge < -0.3 is 0 Å². The van der Waals surface area contributed by atoms with Crippen molar-refractivity contribution in [1.82, 2.24) is 4.72 Å². The van der Waals surface area contributed by atoms with E-state index < -0.39 is 21.6 Å². The molecule has 1 aliphatic rings. The topological polar surface area (TPSA) is 46.2 Å². The standard InChI is InChI=1S/C23H29F2NO2S/c1-4-23(13-14-23)22(26-29(27,28)17(3)24)16(2)15-19-11-8-12-20(21(19)25)18-9-6-5-7-10-18/h5-12,16-17,22,26H,4,13-15H2,1-3H3. The maximum absolute atomic E-state index is 15.2. The normalized spacial score (nSPS) is 18.8. The van der Waals surface area contributed by atoms with Gasteiger partial charge in [0.05, 0.1) is 0 Å². The first-order valence-corrected chi connectivity index (χ1v) is 11.7. The molecule has 3 rings (SSSR count). The summed E-state index contributed by atoms with van der Waals surface area (Å²) in [5.74, 6) is -0.459. The third kappa shape index (κ3) is 4.69. The van der Waals surface area contributed by atoms with Gasteiger partial charge in [0.15, 0.2) is 0 Å². The van der Waals surface area contributed by atoms with Crippen molar-refractivity contribution >= 4 is 10.0 Å². The number of halogens is 2. The summed E-state index contributed by atoms with van der Waals surface area (Å²) in [7, 11) is -4.06. The van der Waals surface area contributed by atoms with E-state index in [1.165, 1.54) is 0 Å². The molecular formula is C23H29F2NO2S. The third-order valence-corrected chi connectivity index (χ3v) is 7.69. The fourth-order valence-electron chi connectivity index (χ4n) is 4.20. The van der Waals surface area contributed by atoms with Crippen LogP contribution in [0.25, 0.3) is 11.1 Å². The molecule has 0 aromatic heterocycles. The van der Waals surface area contributed by atoms with Crippen molar-refractivity contribution in [3.05, 3.63) is 59.9 Å². The van der Waals surface area contributed by atoms with Gasteiger partial charge in [-0.1, -0.05) is 62.4 Å².